The predicted molar refractivity (Wildman–Crippen MR) is 65.0 cm³/mol. The Balaban J connectivity index is 2.03. The standard InChI is InChI=1S/C13H17FN2O3/c1-8-3-9-6-19-16-13(9,7-18-8)10-4-12(17-2)15-5-11(10)14/h4-5,8-9,16H,3,6-7H2,1-2H3/t8-,9-,13-/m0/s1. The first-order valence-corrected chi connectivity index (χ1v) is 6.36. The third kappa shape index (κ3) is 2.00. The Kier molecular flexibility index (Phi) is 3.16. The summed E-state index contributed by atoms with van der Waals surface area (Å²) in [5.74, 6) is 0.191. The van der Waals surface area contributed by atoms with Gasteiger partial charge in [-0.1, -0.05) is 0 Å². The molecule has 5 nitrogen and oxygen atoms in total. The molecule has 1 aromatic heterocycles. The van der Waals surface area contributed by atoms with Crippen molar-refractivity contribution in [2.45, 2.75) is 25.0 Å². The number of fused-ring (bicyclic) bond motifs is 1. The van der Waals surface area contributed by atoms with E-state index < -0.39 is 5.54 Å². The highest BCUT2D eigenvalue weighted by molar-refractivity contribution is 5.31. The fourth-order valence-corrected chi connectivity index (χ4v) is 2.88. The van der Waals surface area contributed by atoms with Crippen molar-refractivity contribution >= 4 is 0 Å². The van der Waals surface area contributed by atoms with E-state index >= 15 is 0 Å². The largest absolute Gasteiger partial charge is 0.481 e. The van der Waals surface area contributed by atoms with Gasteiger partial charge in [-0.15, -0.1) is 0 Å². The van der Waals surface area contributed by atoms with Crippen molar-refractivity contribution in [3.05, 3.63) is 23.6 Å². The monoisotopic (exact) mass is 268 g/mol. The van der Waals surface area contributed by atoms with E-state index in [9.17, 15) is 4.39 Å². The first-order valence-electron chi connectivity index (χ1n) is 6.36. The van der Waals surface area contributed by atoms with E-state index in [1.807, 2.05) is 6.92 Å². The molecule has 2 aliphatic rings. The molecule has 2 fully saturated rings. The minimum atomic E-state index is -0.646. The lowest BCUT2D eigenvalue weighted by Gasteiger charge is -2.40. The van der Waals surface area contributed by atoms with Crippen molar-refractivity contribution in [2.24, 2.45) is 5.92 Å². The van der Waals surface area contributed by atoms with Gasteiger partial charge in [-0.05, 0) is 13.3 Å². The van der Waals surface area contributed by atoms with E-state index in [0.717, 1.165) is 6.42 Å². The summed E-state index contributed by atoms with van der Waals surface area (Å²) in [5.41, 5.74) is 2.80. The van der Waals surface area contributed by atoms with Crippen LogP contribution in [-0.2, 0) is 15.1 Å². The lowest BCUT2D eigenvalue weighted by molar-refractivity contribution is -0.0616. The summed E-state index contributed by atoms with van der Waals surface area (Å²) in [4.78, 5) is 9.24. The van der Waals surface area contributed by atoms with Gasteiger partial charge in [-0.3, -0.25) is 0 Å². The summed E-state index contributed by atoms with van der Waals surface area (Å²) in [5, 5.41) is 0. The number of nitrogens with zero attached hydrogens (tertiary/aromatic N) is 1. The Morgan fingerprint density at radius 2 is 2.42 bits per heavy atom. The first kappa shape index (κ1) is 12.8. The number of rotatable bonds is 2. The SMILES string of the molecule is COc1cc([C@]23CO[C@@H](C)C[C@H]2CON3)c(F)cn1. The Hall–Kier alpha value is -1.24. The molecule has 0 aliphatic carbocycles. The number of ether oxygens (including phenoxy) is 2. The number of hydroxylamine groups is 1. The summed E-state index contributed by atoms with van der Waals surface area (Å²) in [6, 6.07) is 1.61. The highest BCUT2D eigenvalue weighted by atomic mass is 19.1. The Labute approximate surface area is 111 Å². The van der Waals surface area contributed by atoms with E-state index in [0.29, 0.717) is 24.7 Å². The molecule has 0 unspecified atom stereocenters. The zero-order chi connectivity index (χ0) is 13.5. The lowest BCUT2D eigenvalue weighted by atomic mass is 9.76. The number of nitrogens with one attached hydrogen (secondary N) is 1. The maximum absolute atomic E-state index is 14.2. The van der Waals surface area contributed by atoms with Crippen molar-refractivity contribution in [3.63, 3.8) is 0 Å². The second-order valence-electron chi connectivity index (χ2n) is 5.15. The van der Waals surface area contributed by atoms with Gasteiger partial charge in [0.1, 0.15) is 5.82 Å². The van der Waals surface area contributed by atoms with Crippen LogP contribution in [0.25, 0.3) is 0 Å². The van der Waals surface area contributed by atoms with Crippen LogP contribution >= 0.6 is 0 Å². The predicted octanol–water partition coefficient (Wildman–Crippen LogP) is 1.38. The molecule has 0 aromatic carbocycles. The van der Waals surface area contributed by atoms with Gasteiger partial charge >= 0.3 is 0 Å². The first-order chi connectivity index (χ1) is 9.15. The smallest absolute Gasteiger partial charge is 0.213 e. The third-order valence-electron chi connectivity index (χ3n) is 3.97. The quantitative estimate of drug-likeness (QED) is 0.878. The normalized spacial score (nSPS) is 34.1. The molecule has 3 rings (SSSR count). The highest BCUT2D eigenvalue weighted by Crippen LogP contribution is 2.42. The molecule has 1 N–H and O–H groups in total. The zero-order valence-electron chi connectivity index (χ0n) is 11.0. The molecular weight excluding hydrogens is 251 g/mol. The van der Waals surface area contributed by atoms with Crippen LogP contribution in [0, 0.1) is 11.7 Å². The van der Waals surface area contributed by atoms with Crippen molar-refractivity contribution in [2.75, 3.05) is 20.3 Å². The van der Waals surface area contributed by atoms with Crippen LogP contribution in [0.5, 0.6) is 5.88 Å². The molecule has 0 amide bonds. The Morgan fingerprint density at radius 1 is 1.58 bits per heavy atom. The van der Waals surface area contributed by atoms with Crippen LogP contribution in [0.2, 0.25) is 0 Å². The topological polar surface area (TPSA) is 52.6 Å². The minimum Gasteiger partial charge on any atom is -0.481 e. The molecule has 104 valence electrons. The van der Waals surface area contributed by atoms with E-state index in [-0.39, 0.29) is 17.8 Å². The fourth-order valence-electron chi connectivity index (χ4n) is 2.88. The Bertz CT molecular complexity index is 485. The summed E-state index contributed by atoms with van der Waals surface area (Å²) < 4.78 is 24.9. The van der Waals surface area contributed by atoms with E-state index in [1.165, 1.54) is 13.3 Å². The van der Waals surface area contributed by atoms with Crippen molar-refractivity contribution in [3.8, 4) is 5.88 Å². The van der Waals surface area contributed by atoms with Gasteiger partial charge in [0.15, 0.2) is 0 Å². The average molecular weight is 268 g/mol. The van der Waals surface area contributed by atoms with Gasteiger partial charge in [0.05, 0.1) is 38.2 Å². The number of halogens is 1. The van der Waals surface area contributed by atoms with Crippen LogP contribution in [0.1, 0.15) is 18.9 Å². The van der Waals surface area contributed by atoms with Crippen LogP contribution < -0.4 is 10.2 Å². The second kappa shape index (κ2) is 4.70. The van der Waals surface area contributed by atoms with Gasteiger partial charge in [0.25, 0.3) is 0 Å². The number of hydrogen-bond donors (Lipinski definition) is 1. The van der Waals surface area contributed by atoms with Gasteiger partial charge < -0.3 is 14.3 Å². The molecule has 0 bridgehead atoms. The third-order valence-corrected chi connectivity index (χ3v) is 3.97. The van der Waals surface area contributed by atoms with E-state index in [4.69, 9.17) is 14.3 Å². The number of aromatic nitrogens is 1. The molecule has 0 radical (unpaired) electrons. The lowest BCUT2D eigenvalue weighted by Crippen LogP contribution is -2.51. The Morgan fingerprint density at radius 3 is 3.21 bits per heavy atom. The summed E-state index contributed by atoms with van der Waals surface area (Å²) in [7, 11) is 1.51. The summed E-state index contributed by atoms with van der Waals surface area (Å²) in [6.45, 7) is 2.95. The van der Waals surface area contributed by atoms with Gasteiger partial charge in [0.2, 0.25) is 5.88 Å². The van der Waals surface area contributed by atoms with Gasteiger partial charge in [-0.2, -0.15) is 5.48 Å². The number of pyridine rings is 1. The van der Waals surface area contributed by atoms with E-state index in [1.54, 1.807) is 6.07 Å². The molecule has 2 saturated heterocycles. The van der Waals surface area contributed by atoms with Crippen molar-refractivity contribution in [1.82, 2.24) is 10.5 Å². The molecule has 2 aliphatic heterocycles. The van der Waals surface area contributed by atoms with E-state index in [2.05, 4.69) is 10.5 Å². The van der Waals surface area contributed by atoms with Crippen LogP contribution in [0.3, 0.4) is 0 Å². The van der Waals surface area contributed by atoms with Crippen LogP contribution in [0.4, 0.5) is 4.39 Å². The summed E-state index contributed by atoms with van der Waals surface area (Å²) >= 11 is 0. The molecule has 19 heavy (non-hydrogen) atoms. The van der Waals surface area contributed by atoms with Crippen molar-refractivity contribution in [1.29, 1.82) is 0 Å². The second-order valence-corrected chi connectivity index (χ2v) is 5.15. The zero-order valence-corrected chi connectivity index (χ0v) is 11.0. The molecular formula is C13H17FN2O3. The van der Waals surface area contributed by atoms with Gasteiger partial charge in [-0.25, -0.2) is 9.37 Å². The molecule has 0 saturated carbocycles. The average Bonchev–Trinajstić information content (AvgIpc) is 2.83. The molecule has 0 spiro atoms. The highest BCUT2D eigenvalue weighted by Gasteiger charge is 2.50. The fraction of sp³-hybridized carbons (Fsp3) is 0.615. The number of methoxy groups -OCH3 is 1. The maximum Gasteiger partial charge on any atom is 0.213 e. The minimum absolute atomic E-state index is 0.161. The maximum atomic E-state index is 14.2. The molecule has 6 heteroatoms. The van der Waals surface area contributed by atoms with Crippen LogP contribution in [-0.4, -0.2) is 31.4 Å². The van der Waals surface area contributed by atoms with Gasteiger partial charge in [0, 0.05) is 17.5 Å². The van der Waals surface area contributed by atoms with Crippen LogP contribution in [0.15, 0.2) is 12.3 Å². The summed E-state index contributed by atoms with van der Waals surface area (Å²) in [6.07, 6.45) is 2.17. The van der Waals surface area contributed by atoms with Crippen molar-refractivity contribution < 1.29 is 18.7 Å². The molecule has 3 heterocycles. The number of hydrogen-bond acceptors (Lipinski definition) is 5. The molecule has 3 atom stereocenters. The molecule has 1 aromatic rings.